The van der Waals surface area contributed by atoms with Gasteiger partial charge in [0.2, 0.25) is 0 Å². The van der Waals surface area contributed by atoms with E-state index >= 15 is 0 Å². The lowest BCUT2D eigenvalue weighted by molar-refractivity contribution is -0.00614. The van der Waals surface area contributed by atoms with E-state index in [1.54, 1.807) is 19.3 Å². The normalized spacial score (nSPS) is 33.9. The van der Waals surface area contributed by atoms with Crippen LogP contribution in [0.2, 0.25) is 0 Å². The predicted octanol–water partition coefficient (Wildman–Crippen LogP) is -0.239. The smallest absolute Gasteiger partial charge is 0.123 e. The molecule has 0 amide bonds. The molecule has 0 aromatic heterocycles. The lowest BCUT2D eigenvalue weighted by Gasteiger charge is -2.28. The fraction of sp³-hybridized carbons (Fsp3) is 0.625. The van der Waals surface area contributed by atoms with Crippen molar-refractivity contribution >= 4 is 0 Å². The second-order valence-corrected chi connectivity index (χ2v) is 2.73. The Morgan fingerprint density at radius 3 is 3.17 bits per heavy atom. The molecule has 0 bridgehead atoms. The number of ether oxygens (including phenoxy) is 1. The highest BCUT2D eigenvalue weighted by molar-refractivity contribution is 5.01. The van der Waals surface area contributed by atoms with E-state index in [1.165, 1.54) is 0 Å². The molecule has 66 valence electrons. The highest BCUT2D eigenvalue weighted by Gasteiger charge is 2.25. The molecule has 0 unspecified atom stereocenters. The summed E-state index contributed by atoms with van der Waals surface area (Å²) < 4.78 is 5.05. The Labute approximate surface area is 71.4 Å². The average Bonchev–Trinajstić information content (AvgIpc) is 2.08. The predicted molar refractivity (Wildman–Crippen MR) is 43.1 cm³/mol. The zero-order chi connectivity index (χ0) is 8.97. The molecule has 0 aromatic carbocycles. The van der Waals surface area contributed by atoms with Crippen molar-refractivity contribution in [3.8, 4) is 6.07 Å². The number of nitriles is 1. The molecule has 2 N–H and O–H groups in total. The number of nitrogens with one attached hydrogen (secondary N) is 1. The van der Waals surface area contributed by atoms with Gasteiger partial charge in [0.15, 0.2) is 0 Å². The first-order valence-corrected chi connectivity index (χ1v) is 3.86. The molecular formula is C8H12N2O2. The van der Waals surface area contributed by atoms with Gasteiger partial charge in [-0.1, -0.05) is 0 Å². The second kappa shape index (κ2) is 4.10. The molecule has 0 saturated carbocycles. The standard InChI is InChI=1S/C8H12N2O2/c1-6-8(11)7(2-5-12-6)10-4-3-9/h2,5-8,10-11H,4H2,1H3/t6-,7+,8-/m0/s1. The van der Waals surface area contributed by atoms with E-state index in [9.17, 15) is 5.11 Å². The fourth-order valence-corrected chi connectivity index (χ4v) is 1.09. The van der Waals surface area contributed by atoms with Crippen LogP contribution in [0.1, 0.15) is 6.92 Å². The Kier molecular flexibility index (Phi) is 3.09. The van der Waals surface area contributed by atoms with E-state index in [0.717, 1.165) is 0 Å². The summed E-state index contributed by atoms with van der Waals surface area (Å²) in [6.07, 6.45) is 2.46. The van der Waals surface area contributed by atoms with Gasteiger partial charge in [-0.25, -0.2) is 0 Å². The zero-order valence-corrected chi connectivity index (χ0v) is 6.90. The maximum absolute atomic E-state index is 9.52. The highest BCUT2D eigenvalue weighted by Crippen LogP contribution is 2.11. The topological polar surface area (TPSA) is 65.3 Å². The minimum absolute atomic E-state index is 0.173. The number of nitrogens with zero attached hydrogens (tertiary/aromatic N) is 1. The molecule has 1 heterocycles. The molecular weight excluding hydrogens is 156 g/mol. The summed E-state index contributed by atoms with van der Waals surface area (Å²) in [5.41, 5.74) is 0. The largest absolute Gasteiger partial charge is 0.496 e. The summed E-state index contributed by atoms with van der Waals surface area (Å²) in [4.78, 5) is 0. The monoisotopic (exact) mass is 168 g/mol. The number of aliphatic hydroxyl groups is 1. The molecule has 0 saturated heterocycles. The van der Waals surface area contributed by atoms with Gasteiger partial charge in [-0.15, -0.1) is 0 Å². The molecule has 0 spiro atoms. The van der Waals surface area contributed by atoms with Crippen molar-refractivity contribution < 1.29 is 9.84 Å². The van der Waals surface area contributed by atoms with Crippen LogP contribution in [0, 0.1) is 11.3 Å². The Balaban J connectivity index is 2.47. The summed E-state index contributed by atoms with van der Waals surface area (Å²) in [5, 5.41) is 20.7. The van der Waals surface area contributed by atoms with Gasteiger partial charge in [0.25, 0.3) is 0 Å². The molecule has 1 rings (SSSR count). The maximum atomic E-state index is 9.52. The van der Waals surface area contributed by atoms with Gasteiger partial charge < -0.3 is 9.84 Å². The summed E-state index contributed by atoms with van der Waals surface area (Å²) in [5.74, 6) is 0. The van der Waals surface area contributed by atoms with Gasteiger partial charge in [-0.2, -0.15) is 5.26 Å². The third-order valence-corrected chi connectivity index (χ3v) is 1.84. The van der Waals surface area contributed by atoms with E-state index < -0.39 is 6.10 Å². The van der Waals surface area contributed by atoms with Crippen molar-refractivity contribution in [1.82, 2.24) is 5.32 Å². The van der Waals surface area contributed by atoms with Gasteiger partial charge in [0.05, 0.1) is 24.9 Å². The molecule has 0 aliphatic carbocycles. The van der Waals surface area contributed by atoms with Gasteiger partial charge in [0, 0.05) is 0 Å². The van der Waals surface area contributed by atoms with Gasteiger partial charge in [-0.05, 0) is 13.0 Å². The fourth-order valence-electron chi connectivity index (χ4n) is 1.09. The lowest BCUT2D eigenvalue weighted by Crippen LogP contribution is -2.46. The number of rotatable bonds is 2. The van der Waals surface area contributed by atoms with Crippen LogP contribution in [0.15, 0.2) is 12.3 Å². The second-order valence-electron chi connectivity index (χ2n) is 2.73. The molecule has 0 radical (unpaired) electrons. The molecule has 1 aliphatic heterocycles. The summed E-state index contributed by atoms with van der Waals surface area (Å²) in [6.45, 7) is 2.02. The minimum atomic E-state index is -0.580. The van der Waals surface area contributed by atoms with Crippen molar-refractivity contribution in [3.63, 3.8) is 0 Å². The Morgan fingerprint density at radius 1 is 1.75 bits per heavy atom. The summed E-state index contributed by atoms with van der Waals surface area (Å²) >= 11 is 0. The Bertz CT molecular complexity index is 210. The average molecular weight is 168 g/mol. The molecule has 4 heteroatoms. The molecule has 3 atom stereocenters. The van der Waals surface area contributed by atoms with Gasteiger partial charge in [0.1, 0.15) is 12.2 Å². The van der Waals surface area contributed by atoms with Gasteiger partial charge >= 0.3 is 0 Å². The van der Waals surface area contributed by atoms with Crippen molar-refractivity contribution in [2.45, 2.75) is 25.2 Å². The number of hydrogen-bond donors (Lipinski definition) is 2. The van der Waals surface area contributed by atoms with Crippen LogP contribution in [0.3, 0.4) is 0 Å². The van der Waals surface area contributed by atoms with Crippen LogP contribution < -0.4 is 5.32 Å². The molecule has 0 fully saturated rings. The summed E-state index contributed by atoms with van der Waals surface area (Å²) in [6, 6.07) is 1.78. The lowest BCUT2D eigenvalue weighted by atomic mass is 10.1. The van der Waals surface area contributed by atoms with E-state index in [-0.39, 0.29) is 18.7 Å². The number of aliphatic hydroxyl groups excluding tert-OH is 1. The Morgan fingerprint density at radius 2 is 2.50 bits per heavy atom. The quantitative estimate of drug-likeness (QED) is 0.558. The SMILES string of the molecule is C[C@@H]1OC=C[C@@H](NCC#N)[C@H]1O. The third kappa shape index (κ3) is 1.97. The van der Waals surface area contributed by atoms with Gasteiger partial charge in [-0.3, -0.25) is 5.32 Å². The summed E-state index contributed by atoms with van der Waals surface area (Å²) in [7, 11) is 0. The van der Waals surface area contributed by atoms with E-state index in [0.29, 0.717) is 0 Å². The van der Waals surface area contributed by atoms with Crippen LogP contribution in [0.5, 0.6) is 0 Å². The van der Waals surface area contributed by atoms with Crippen LogP contribution in [-0.4, -0.2) is 29.9 Å². The molecule has 1 aliphatic rings. The zero-order valence-electron chi connectivity index (χ0n) is 6.90. The van der Waals surface area contributed by atoms with E-state index in [4.69, 9.17) is 10.00 Å². The van der Waals surface area contributed by atoms with E-state index in [1.807, 2.05) is 6.07 Å². The van der Waals surface area contributed by atoms with Crippen LogP contribution >= 0.6 is 0 Å². The first-order chi connectivity index (χ1) is 5.75. The Hall–Kier alpha value is -1.05. The molecule has 4 nitrogen and oxygen atoms in total. The van der Waals surface area contributed by atoms with Crippen LogP contribution in [-0.2, 0) is 4.74 Å². The first-order valence-electron chi connectivity index (χ1n) is 3.86. The van der Waals surface area contributed by atoms with Crippen molar-refractivity contribution in [3.05, 3.63) is 12.3 Å². The first kappa shape index (κ1) is 9.04. The molecule has 0 aromatic rings. The maximum Gasteiger partial charge on any atom is 0.123 e. The minimum Gasteiger partial charge on any atom is -0.496 e. The highest BCUT2D eigenvalue weighted by atomic mass is 16.5. The van der Waals surface area contributed by atoms with E-state index in [2.05, 4.69) is 5.32 Å². The van der Waals surface area contributed by atoms with Crippen LogP contribution in [0.4, 0.5) is 0 Å². The van der Waals surface area contributed by atoms with Crippen LogP contribution in [0.25, 0.3) is 0 Å². The molecule has 12 heavy (non-hydrogen) atoms. The van der Waals surface area contributed by atoms with Crippen molar-refractivity contribution in [2.24, 2.45) is 0 Å². The van der Waals surface area contributed by atoms with Crippen molar-refractivity contribution in [2.75, 3.05) is 6.54 Å². The van der Waals surface area contributed by atoms with Crippen molar-refractivity contribution in [1.29, 1.82) is 5.26 Å². The number of hydrogen-bond acceptors (Lipinski definition) is 4. The third-order valence-electron chi connectivity index (χ3n) is 1.84.